The van der Waals surface area contributed by atoms with Crippen molar-refractivity contribution in [1.29, 1.82) is 0 Å². The standard InChI is InChI=1S/C13H25N3O2/c1-13(2,3)15-11(17)9-16-7-5-10(6-8-16)12(18)14-4/h10H,5-9H2,1-4H3,(H,14,18)(H,15,17). The van der Waals surface area contributed by atoms with Gasteiger partial charge < -0.3 is 10.6 Å². The van der Waals surface area contributed by atoms with Crippen LogP contribution in [0, 0.1) is 5.92 Å². The summed E-state index contributed by atoms with van der Waals surface area (Å²) in [5, 5.41) is 5.64. The topological polar surface area (TPSA) is 61.4 Å². The van der Waals surface area contributed by atoms with Crippen molar-refractivity contribution in [2.45, 2.75) is 39.2 Å². The third-order valence-electron chi connectivity index (χ3n) is 3.09. The van der Waals surface area contributed by atoms with Gasteiger partial charge in [0.25, 0.3) is 0 Å². The summed E-state index contributed by atoms with van der Waals surface area (Å²) in [6.45, 7) is 7.98. The lowest BCUT2D eigenvalue weighted by Gasteiger charge is -2.31. The SMILES string of the molecule is CNC(=O)C1CCN(CC(=O)NC(C)(C)C)CC1. The molecule has 104 valence electrons. The van der Waals surface area contributed by atoms with Gasteiger partial charge in [0.15, 0.2) is 0 Å². The fourth-order valence-electron chi connectivity index (χ4n) is 2.22. The number of nitrogens with one attached hydrogen (secondary N) is 2. The molecule has 0 aromatic heterocycles. The van der Waals surface area contributed by atoms with Crippen LogP contribution in [0.15, 0.2) is 0 Å². The second kappa shape index (κ2) is 6.18. The number of piperidine rings is 1. The van der Waals surface area contributed by atoms with Crippen LogP contribution >= 0.6 is 0 Å². The monoisotopic (exact) mass is 255 g/mol. The van der Waals surface area contributed by atoms with Crippen molar-refractivity contribution >= 4 is 11.8 Å². The van der Waals surface area contributed by atoms with Crippen molar-refractivity contribution < 1.29 is 9.59 Å². The third kappa shape index (κ3) is 5.04. The van der Waals surface area contributed by atoms with Crippen LogP contribution < -0.4 is 10.6 Å². The van der Waals surface area contributed by atoms with E-state index in [0.717, 1.165) is 25.9 Å². The van der Waals surface area contributed by atoms with E-state index < -0.39 is 0 Å². The van der Waals surface area contributed by atoms with Gasteiger partial charge in [0.05, 0.1) is 6.54 Å². The van der Waals surface area contributed by atoms with E-state index in [2.05, 4.69) is 15.5 Å². The highest BCUT2D eigenvalue weighted by molar-refractivity contribution is 5.79. The maximum Gasteiger partial charge on any atom is 0.234 e. The Hall–Kier alpha value is -1.10. The summed E-state index contributed by atoms with van der Waals surface area (Å²) in [7, 11) is 1.67. The predicted octanol–water partition coefficient (Wildman–Crippen LogP) is 0.359. The average molecular weight is 255 g/mol. The molecule has 1 aliphatic rings. The molecule has 0 atom stereocenters. The highest BCUT2D eigenvalue weighted by atomic mass is 16.2. The molecule has 1 rings (SSSR count). The Kier molecular flexibility index (Phi) is 5.14. The van der Waals surface area contributed by atoms with Crippen molar-refractivity contribution in [3.05, 3.63) is 0 Å². The number of nitrogens with zero attached hydrogens (tertiary/aromatic N) is 1. The van der Waals surface area contributed by atoms with E-state index >= 15 is 0 Å². The minimum absolute atomic E-state index is 0.0564. The van der Waals surface area contributed by atoms with E-state index in [-0.39, 0.29) is 23.3 Å². The van der Waals surface area contributed by atoms with Gasteiger partial charge in [-0.25, -0.2) is 0 Å². The first-order valence-electron chi connectivity index (χ1n) is 6.57. The van der Waals surface area contributed by atoms with E-state index in [1.165, 1.54) is 0 Å². The Bertz CT molecular complexity index is 302. The Morgan fingerprint density at radius 2 is 1.78 bits per heavy atom. The first-order chi connectivity index (χ1) is 8.31. The van der Waals surface area contributed by atoms with Crippen molar-refractivity contribution in [3.63, 3.8) is 0 Å². The zero-order chi connectivity index (χ0) is 13.8. The van der Waals surface area contributed by atoms with Gasteiger partial charge in [0.1, 0.15) is 0 Å². The molecule has 0 spiro atoms. The molecule has 2 N–H and O–H groups in total. The molecule has 0 aromatic carbocycles. The van der Waals surface area contributed by atoms with Crippen LogP contribution in [0.1, 0.15) is 33.6 Å². The molecule has 5 heteroatoms. The summed E-state index contributed by atoms with van der Waals surface area (Å²) in [4.78, 5) is 25.4. The molecule has 0 unspecified atom stereocenters. The van der Waals surface area contributed by atoms with Gasteiger partial charge in [0, 0.05) is 18.5 Å². The smallest absolute Gasteiger partial charge is 0.234 e. The fraction of sp³-hybridized carbons (Fsp3) is 0.846. The number of carbonyl (C=O) groups is 2. The maximum atomic E-state index is 11.8. The van der Waals surface area contributed by atoms with Crippen LogP contribution in [0.25, 0.3) is 0 Å². The van der Waals surface area contributed by atoms with Crippen LogP contribution in [0.5, 0.6) is 0 Å². The molecule has 0 saturated carbocycles. The molecule has 0 aliphatic carbocycles. The van der Waals surface area contributed by atoms with E-state index in [1.807, 2.05) is 20.8 Å². The minimum Gasteiger partial charge on any atom is -0.359 e. The van der Waals surface area contributed by atoms with Gasteiger partial charge in [-0.05, 0) is 46.7 Å². The molecule has 0 radical (unpaired) electrons. The lowest BCUT2D eigenvalue weighted by atomic mass is 9.96. The summed E-state index contributed by atoms with van der Waals surface area (Å²) >= 11 is 0. The van der Waals surface area contributed by atoms with Gasteiger partial charge >= 0.3 is 0 Å². The first kappa shape index (κ1) is 15.0. The van der Waals surface area contributed by atoms with Gasteiger partial charge in [-0.15, -0.1) is 0 Å². The number of likely N-dealkylation sites (tertiary alicyclic amines) is 1. The van der Waals surface area contributed by atoms with Gasteiger partial charge in [-0.1, -0.05) is 0 Å². The van der Waals surface area contributed by atoms with Crippen LogP contribution in [-0.2, 0) is 9.59 Å². The quantitative estimate of drug-likeness (QED) is 0.765. The summed E-state index contributed by atoms with van der Waals surface area (Å²) in [5.41, 5.74) is -0.183. The van der Waals surface area contributed by atoms with E-state index in [4.69, 9.17) is 0 Å². The third-order valence-corrected chi connectivity index (χ3v) is 3.09. The van der Waals surface area contributed by atoms with Gasteiger partial charge in [-0.2, -0.15) is 0 Å². The van der Waals surface area contributed by atoms with Crippen LogP contribution in [0.3, 0.4) is 0 Å². The molecule has 2 amide bonds. The summed E-state index contributed by atoms with van der Waals surface area (Å²) < 4.78 is 0. The average Bonchev–Trinajstić information content (AvgIpc) is 2.26. The van der Waals surface area contributed by atoms with Crippen LogP contribution in [0.4, 0.5) is 0 Å². The molecule has 1 heterocycles. The first-order valence-corrected chi connectivity index (χ1v) is 6.57. The number of amides is 2. The van der Waals surface area contributed by atoms with E-state index in [9.17, 15) is 9.59 Å². The molecule has 1 saturated heterocycles. The molecule has 0 bridgehead atoms. The second-order valence-electron chi connectivity index (χ2n) is 5.96. The van der Waals surface area contributed by atoms with Gasteiger partial charge in [0.2, 0.25) is 11.8 Å². The second-order valence-corrected chi connectivity index (χ2v) is 5.96. The van der Waals surface area contributed by atoms with Crippen molar-refractivity contribution in [2.75, 3.05) is 26.7 Å². The molecular formula is C13H25N3O2. The predicted molar refractivity (Wildman–Crippen MR) is 71.1 cm³/mol. The zero-order valence-corrected chi connectivity index (χ0v) is 11.9. The lowest BCUT2D eigenvalue weighted by molar-refractivity contribution is -0.126. The van der Waals surface area contributed by atoms with Gasteiger partial charge in [-0.3, -0.25) is 14.5 Å². The Morgan fingerprint density at radius 3 is 2.22 bits per heavy atom. The molecule has 1 fully saturated rings. The fourth-order valence-corrected chi connectivity index (χ4v) is 2.22. The van der Waals surface area contributed by atoms with Crippen molar-refractivity contribution in [1.82, 2.24) is 15.5 Å². The Morgan fingerprint density at radius 1 is 1.22 bits per heavy atom. The van der Waals surface area contributed by atoms with E-state index in [1.54, 1.807) is 7.05 Å². The summed E-state index contributed by atoms with van der Waals surface area (Å²) in [6, 6.07) is 0. The number of hydrogen-bond acceptors (Lipinski definition) is 3. The van der Waals surface area contributed by atoms with Crippen LogP contribution in [0.2, 0.25) is 0 Å². The molecule has 18 heavy (non-hydrogen) atoms. The minimum atomic E-state index is -0.183. The molecule has 5 nitrogen and oxygen atoms in total. The zero-order valence-electron chi connectivity index (χ0n) is 11.9. The van der Waals surface area contributed by atoms with Crippen molar-refractivity contribution in [3.8, 4) is 0 Å². The number of carbonyl (C=O) groups excluding carboxylic acids is 2. The van der Waals surface area contributed by atoms with E-state index in [0.29, 0.717) is 6.54 Å². The lowest BCUT2D eigenvalue weighted by Crippen LogP contribution is -2.48. The number of rotatable bonds is 3. The molecule has 1 aliphatic heterocycles. The Labute approximate surface area is 109 Å². The largest absolute Gasteiger partial charge is 0.359 e. The summed E-state index contributed by atoms with van der Waals surface area (Å²) in [6.07, 6.45) is 1.67. The number of hydrogen-bond donors (Lipinski definition) is 2. The highest BCUT2D eigenvalue weighted by Crippen LogP contribution is 2.16. The van der Waals surface area contributed by atoms with Crippen LogP contribution in [-0.4, -0.2) is 48.9 Å². The summed E-state index contributed by atoms with van der Waals surface area (Å²) in [5.74, 6) is 0.284. The maximum absolute atomic E-state index is 11.8. The van der Waals surface area contributed by atoms with Crippen molar-refractivity contribution in [2.24, 2.45) is 5.92 Å². The molecule has 0 aromatic rings. The normalized spacial score (nSPS) is 18.4. The molecular weight excluding hydrogens is 230 g/mol. The highest BCUT2D eigenvalue weighted by Gasteiger charge is 2.25. The Balaban J connectivity index is 2.31.